The number of ether oxygens (including phenoxy) is 2. The summed E-state index contributed by atoms with van der Waals surface area (Å²) in [6.07, 6.45) is 5.25. The molecule has 0 saturated carbocycles. The van der Waals surface area contributed by atoms with E-state index in [1.165, 1.54) is 14.2 Å². The van der Waals surface area contributed by atoms with Crippen molar-refractivity contribution in [1.82, 2.24) is 40.7 Å². The van der Waals surface area contributed by atoms with Gasteiger partial charge in [-0.25, -0.2) is 14.6 Å². The topological polar surface area (TPSA) is 188 Å². The van der Waals surface area contributed by atoms with E-state index in [2.05, 4.69) is 30.9 Å². The van der Waals surface area contributed by atoms with Gasteiger partial charge in [-0.3, -0.25) is 19.4 Å². The summed E-state index contributed by atoms with van der Waals surface area (Å²) in [6, 6.07) is 9.54. The van der Waals surface area contributed by atoms with E-state index in [4.69, 9.17) is 9.47 Å². The lowest BCUT2D eigenvalue weighted by Gasteiger charge is -2.30. The number of carbonyl (C=O) groups excluding carboxylic acids is 5. The first-order chi connectivity index (χ1) is 25.4. The largest absolute Gasteiger partial charge is 0.453 e. The van der Waals surface area contributed by atoms with E-state index in [0.29, 0.717) is 18.9 Å². The predicted molar refractivity (Wildman–Crippen MR) is 196 cm³/mol. The van der Waals surface area contributed by atoms with Crippen LogP contribution < -0.4 is 16.0 Å². The number of carbonyl (C=O) groups is 5. The number of rotatable bonds is 12. The van der Waals surface area contributed by atoms with Gasteiger partial charge < -0.3 is 40.2 Å². The molecule has 4 heterocycles. The molecule has 0 radical (unpaired) electrons. The number of methoxy groups -OCH3 is 2. The van der Waals surface area contributed by atoms with Crippen LogP contribution in [0.2, 0.25) is 0 Å². The standard InChI is InChI=1S/C38H50N8O7/c1-22(2)31(43-37(50)52-5)35(48)45-17-7-9-27(45)20-41-34(47)28-16-15-26(19-39-28)24-11-13-25(14-12-24)29-21-40-33(42-29)30-10-8-18-46(30)36(49)32(23(3)4)44-38(51)53-6/h11-16,19,21-23,27,30-32H,7-10,17-18,20H2,1-6H3,(H,40,42)(H,41,47)(H,43,50)(H,44,51)/t27-,30-,31-,32-/m0/s1. The second-order valence-electron chi connectivity index (χ2n) is 14.1. The average molecular weight is 731 g/mol. The summed E-state index contributed by atoms with van der Waals surface area (Å²) in [6.45, 7) is 8.89. The van der Waals surface area contributed by atoms with Crippen LogP contribution in [-0.2, 0) is 19.1 Å². The lowest BCUT2D eigenvalue weighted by Crippen LogP contribution is -2.54. The number of aromatic nitrogens is 3. The van der Waals surface area contributed by atoms with Crippen molar-refractivity contribution in [2.75, 3.05) is 33.9 Å². The van der Waals surface area contributed by atoms with E-state index in [9.17, 15) is 24.0 Å². The molecule has 2 aromatic heterocycles. The Morgan fingerprint density at radius 1 is 0.755 bits per heavy atom. The number of benzene rings is 1. The molecular formula is C38H50N8O7. The SMILES string of the molecule is COC(=O)N[C@H](C(=O)N1CCC[C@H]1CNC(=O)c1ccc(-c2ccc(-c3cnc([C@@H]4CCCN4C(=O)[C@@H](NC(=O)OC)C(C)C)[nH]3)cc2)cn1)C(C)C. The number of likely N-dealkylation sites (tertiary alicyclic amines) is 2. The van der Waals surface area contributed by atoms with Crippen molar-refractivity contribution in [3.05, 3.63) is 60.3 Å². The summed E-state index contributed by atoms with van der Waals surface area (Å²) >= 11 is 0. The quantitative estimate of drug-likeness (QED) is 0.211. The zero-order valence-corrected chi connectivity index (χ0v) is 31.2. The third-order valence-corrected chi connectivity index (χ3v) is 9.91. The van der Waals surface area contributed by atoms with Gasteiger partial charge in [-0.1, -0.05) is 58.0 Å². The van der Waals surface area contributed by atoms with Crippen molar-refractivity contribution >= 4 is 29.9 Å². The highest BCUT2D eigenvalue weighted by molar-refractivity contribution is 5.93. The Morgan fingerprint density at radius 3 is 1.91 bits per heavy atom. The molecule has 284 valence electrons. The summed E-state index contributed by atoms with van der Waals surface area (Å²) in [7, 11) is 2.54. The molecule has 15 heteroatoms. The number of alkyl carbamates (subject to hydrolysis) is 2. The number of nitrogens with one attached hydrogen (secondary N) is 4. The first-order valence-electron chi connectivity index (χ1n) is 18.1. The third-order valence-electron chi connectivity index (χ3n) is 9.91. The second kappa shape index (κ2) is 17.4. The zero-order valence-electron chi connectivity index (χ0n) is 31.2. The van der Waals surface area contributed by atoms with Crippen molar-refractivity contribution in [3.63, 3.8) is 0 Å². The van der Waals surface area contributed by atoms with Gasteiger partial charge in [0.15, 0.2) is 0 Å². The van der Waals surface area contributed by atoms with Crippen LogP contribution in [0.4, 0.5) is 9.59 Å². The Kier molecular flexibility index (Phi) is 12.7. The van der Waals surface area contributed by atoms with E-state index >= 15 is 0 Å². The predicted octanol–water partition coefficient (Wildman–Crippen LogP) is 4.28. The average Bonchev–Trinajstić information content (AvgIpc) is 3.96. The first kappa shape index (κ1) is 38.8. The molecule has 15 nitrogen and oxygen atoms in total. The van der Waals surface area contributed by atoms with Gasteiger partial charge in [0.25, 0.3) is 5.91 Å². The minimum absolute atomic E-state index is 0.119. The summed E-state index contributed by atoms with van der Waals surface area (Å²) < 4.78 is 9.43. The van der Waals surface area contributed by atoms with Crippen LogP contribution in [0.25, 0.3) is 22.4 Å². The van der Waals surface area contributed by atoms with Gasteiger partial charge in [-0.05, 0) is 54.7 Å². The van der Waals surface area contributed by atoms with Gasteiger partial charge in [-0.2, -0.15) is 0 Å². The lowest BCUT2D eigenvalue weighted by atomic mass is 10.0. The number of pyridine rings is 1. The number of H-pyrrole nitrogens is 1. The molecule has 4 N–H and O–H groups in total. The molecule has 0 spiro atoms. The monoisotopic (exact) mass is 730 g/mol. The van der Waals surface area contributed by atoms with Crippen molar-refractivity contribution in [3.8, 4) is 22.4 Å². The van der Waals surface area contributed by atoms with E-state index < -0.39 is 24.3 Å². The van der Waals surface area contributed by atoms with Crippen LogP contribution in [0.3, 0.4) is 0 Å². The molecule has 0 unspecified atom stereocenters. The number of nitrogens with zero attached hydrogens (tertiary/aromatic N) is 4. The van der Waals surface area contributed by atoms with Gasteiger partial charge in [0, 0.05) is 37.4 Å². The Morgan fingerprint density at radius 2 is 1.32 bits per heavy atom. The third kappa shape index (κ3) is 9.13. The Hall–Kier alpha value is -5.47. The molecule has 2 aliphatic heterocycles. The Balaban J connectivity index is 1.18. The van der Waals surface area contributed by atoms with E-state index in [1.807, 2.05) is 58.0 Å². The fraction of sp³-hybridized carbons (Fsp3) is 0.500. The highest BCUT2D eigenvalue weighted by atomic mass is 16.5. The summed E-state index contributed by atoms with van der Waals surface area (Å²) in [5.41, 5.74) is 3.74. The highest BCUT2D eigenvalue weighted by Crippen LogP contribution is 2.33. The lowest BCUT2D eigenvalue weighted by molar-refractivity contribution is -0.136. The molecule has 5 amide bonds. The second-order valence-corrected chi connectivity index (χ2v) is 14.1. The van der Waals surface area contributed by atoms with Gasteiger partial charge in [0.1, 0.15) is 23.6 Å². The van der Waals surface area contributed by atoms with E-state index in [1.54, 1.807) is 28.3 Å². The maximum atomic E-state index is 13.5. The maximum absolute atomic E-state index is 13.5. The van der Waals surface area contributed by atoms with Crippen molar-refractivity contribution < 1.29 is 33.4 Å². The smallest absolute Gasteiger partial charge is 0.407 e. The van der Waals surface area contributed by atoms with Crippen LogP contribution in [0.15, 0.2) is 48.8 Å². The van der Waals surface area contributed by atoms with E-state index in [-0.39, 0.29) is 53.9 Å². The van der Waals surface area contributed by atoms with Gasteiger partial charge in [0.2, 0.25) is 11.8 Å². The molecule has 53 heavy (non-hydrogen) atoms. The van der Waals surface area contributed by atoms with Crippen LogP contribution in [0, 0.1) is 11.8 Å². The molecule has 0 aliphatic carbocycles. The molecule has 2 fully saturated rings. The van der Waals surface area contributed by atoms with Crippen molar-refractivity contribution in [2.45, 2.75) is 77.5 Å². The van der Waals surface area contributed by atoms with Crippen LogP contribution in [0.5, 0.6) is 0 Å². The van der Waals surface area contributed by atoms with Crippen LogP contribution >= 0.6 is 0 Å². The minimum Gasteiger partial charge on any atom is -0.453 e. The van der Waals surface area contributed by atoms with Crippen molar-refractivity contribution in [2.24, 2.45) is 11.8 Å². The van der Waals surface area contributed by atoms with E-state index in [0.717, 1.165) is 48.1 Å². The molecule has 4 atom stereocenters. The number of aromatic amines is 1. The number of hydrogen-bond acceptors (Lipinski definition) is 9. The minimum atomic E-state index is -0.721. The van der Waals surface area contributed by atoms with Crippen LogP contribution in [-0.4, -0.2) is 107 Å². The fourth-order valence-corrected chi connectivity index (χ4v) is 6.90. The molecule has 2 saturated heterocycles. The molecule has 0 bridgehead atoms. The van der Waals surface area contributed by atoms with Gasteiger partial charge in [-0.15, -0.1) is 0 Å². The van der Waals surface area contributed by atoms with Gasteiger partial charge in [0.05, 0.1) is 32.2 Å². The maximum Gasteiger partial charge on any atom is 0.407 e. The summed E-state index contributed by atoms with van der Waals surface area (Å²) in [5.74, 6) is -0.253. The summed E-state index contributed by atoms with van der Waals surface area (Å²) in [4.78, 5) is 79.5. The molecule has 2 aliphatic rings. The molecule has 5 rings (SSSR count). The Labute approximate surface area is 309 Å². The molecule has 1 aromatic carbocycles. The molecule has 3 aromatic rings. The van der Waals surface area contributed by atoms with Gasteiger partial charge >= 0.3 is 12.2 Å². The molecular weight excluding hydrogens is 680 g/mol. The number of hydrogen-bond donors (Lipinski definition) is 4. The van der Waals surface area contributed by atoms with Crippen LogP contribution in [0.1, 0.15) is 75.7 Å². The fourth-order valence-electron chi connectivity index (χ4n) is 6.90. The first-order valence-corrected chi connectivity index (χ1v) is 18.1. The summed E-state index contributed by atoms with van der Waals surface area (Å²) in [5, 5.41) is 8.23. The zero-order chi connectivity index (χ0) is 38.2. The number of amides is 5. The highest BCUT2D eigenvalue weighted by Gasteiger charge is 2.38. The Bertz CT molecular complexity index is 1760. The number of imidazole rings is 1. The van der Waals surface area contributed by atoms with Crippen molar-refractivity contribution in [1.29, 1.82) is 0 Å². The normalized spacial score (nSPS) is 18.1.